The van der Waals surface area contributed by atoms with Crippen LogP contribution in [0.3, 0.4) is 0 Å². The molecule has 0 saturated heterocycles. The first-order chi connectivity index (χ1) is 20.4. The van der Waals surface area contributed by atoms with Crippen LogP contribution in [0.2, 0.25) is 0 Å². The van der Waals surface area contributed by atoms with Gasteiger partial charge in [0, 0.05) is 43.1 Å². The van der Waals surface area contributed by atoms with Crippen molar-refractivity contribution in [3.63, 3.8) is 0 Å². The molecule has 0 unspecified atom stereocenters. The average molecular weight is 577 g/mol. The summed E-state index contributed by atoms with van der Waals surface area (Å²) in [6, 6.07) is 13.5. The van der Waals surface area contributed by atoms with E-state index in [0.29, 0.717) is 59.3 Å². The molecule has 1 aromatic heterocycles. The van der Waals surface area contributed by atoms with Gasteiger partial charge in [0.25, 0.3) is 0 Å². The van der Waals surface area contributed by atoms with Gasteiger partial charge in [-0.2, -0.15) is 0 Å². The van der Waals surface area contributed by atoms with Gasteiger partial charge in [-0.3, -0.25) is 9.59 Å². The smallest absolute Gasteiger partial charge is 0.197 e. The van der Waals surface area contributed by atoms with Gasteiger partial charge in [-0.05, 0) is 54.9 Å². The van der Waals surface area contributed by atoms with Gasteiger partial charge in [0.15, 0.2) is 11.6 Å². The molecular formula is C37H52O5. The Bertz CT molecular complexity index is 1230. The Balaban J connectivity index is 1.78. The second-order valence-corrected chi connectivity index (χ2v) is 12.1. The van der Waals surface area contributed by atoms with Gasteiger partial charge in [-0.1, -0.05) is 96.9 Å². The number of hydrogen-bond donors (Lipinski definition) is 0. The van der Waals surface area contributed by atoms with Crippen molar-refractivity contribution in [3.8, 4) is 0 Å². The molecular weight excluding hydrogens is 524 g/mol. The van der Waals surface area contributed by atoms with Crippen LogP contribution in [0, 0.1) is 11.8 Å². The van der Waals surface area contributed by atoms with Crippen LogP contribution in [-0.4, -0.2) is 32.1 Å². The topological polar surface area (TPSA) is 65.7 Å². The van der Waals surface area contributed by atoms with Crippen LogP contribution in [0.4, 0.5) is 0 Å². The van der Waals surface area contributed by atoms with Gasteiger partial charge in [-0.25, -0.2) is 0 Å². The molecule has 0 bridgehead atoms. The molecule has 2 aromatic carbocycles. The number of benzene rings is 2. The monoisotopic (exact) mass is 576 g/mol. The summed E-state index contributed by atoms with van der Waals surface area (Å²) in [5.74, 6) is 1.74. The number of furan rings is 1. The SMILES string of the molecule is CCCCC(CCCC)CCCc1ccc(C(=O)c2c(CCCOCOC)oc3ccc(C(=O)CC(C)C)cc23)cc1. The zero-order valence-electron chi connectivity index (χ0n) is 26.6. The number of fused-ring (bicyclic) bond motifs is 1. The molecule has 5 nitrogen and oxygen atoms in total. The van der Waals surface area contributed by atoms with Crippen molar-refractivity contribution in [2.45, 2.75) is 105 Å². The molecule has 0 spiro atoms. The van der Waals surface area contributed by atoms with E-state index >= 15 is 0 Å². The lowest BCUT2D eigenvalue weighted by Crippen LogP contribution is -2.07. The number of carbonyl (C=O) groups excluding carboxylic acids is 2. The summed E-state index contributed by atoms with van der Waals surface area (Å²) in [6.07, 6.45) is 13.1. The Morgan fingerprint density at radius 1 is 0.833 bits per heavy atom. The van der Waals surface area contributed by atoms with Crippen LogP contribution in [0.15, 0.2) is 46.9 Å². The second-order valence-electron chi connectivity index (χ2n) is 12.1. The number of rotatable bonds is 21. The van der Waals surface area contributed by atoms with Crippen LogP contribution in [0.25, 0.3) is 11.0 Å². The predicted molar refractivity (Wildman–Crippen MR) is 172 cm³/mol. The minimum Gasteiger partial charge on any atom is -0.460 e. The fraction of sp³-hybridized carbons (Fsp3) is 0.568. The first-order valence-electron chi connectivity index (χ1n) is 16.2. The van der Waals surface area contributed by atoms with Crippen molar-refractivity contribution in [2.24, 2.45) is 11.8 Å². The van der Waals surface area contributed by atoms with Gasteiger partial charge in [0.1, 0.15) is 18.1 Å². The molecule has 1 heterocycles. The number of carbonyl (C=O) groups is 2. The largest absolute Gasteiger partial charge is 0.460 e. The number of Topliss-reactive ketones (excluding diaryl/α,β-unsaturated/α-hetero) is 1. The fourth-order valence-corrected chi connectivity index (χ4v) is 5.69. The average Bonchev–Trinajstić information content (AvgIpc) is 3.35. The molecule has 0 aliphatic carbocycles. The Labute approximate surface area is 253 Å². The minimum absolute atomic E-state index is 0.0687. The molecule has 0 fully saturated rings. The molecule has 0 aliphatic rings. The summed E-state index contributed by atoms with van der Waals surface area (Å²) in [6.45, 7) is 9.36. The molecule has 5 heteroatoms. The van der Waals surface area contributed by atoms with Gasteiger partial charge >= 0.3 is 0 Å². The zero-order chi connectivity index (χ0) is 30.3. The van der Waals surface area contributed by atoms with Gasteiger partial charge in [0.2, 0.25) is 0 Å². The number of ketones is 2. The second kappa shape index (κ2) is 18.0. The highest BCUT2D eigenvalue weighted by atomic mass is 16.7. The van der Waals surface area contributed by atoms with E-state index in [2.05, 4.69) is 26.0 Å². The van der Waals surface area contributed by atoms with Crippen LogP contribution in [0.5, 0.6) is 0 Å². The van der Waals surface area contributed by atoms with Gasteiger partial charge in [0.05, 0.1) is 5.56 Å². The molecule has 0 amide bonds. The maximum Gasteiger partial charge on any atom is 0.197 e. The molecule has 0 atom stereocenters. The van der Waals surface area contributed by atoms with Gasteiger partial charge in [-0.15, -0.1) is 0 Å². The number of methoxy groups -OCH3 is 1. The van der Waals surface area contributed by atoms with E-state index in [9.17, 15) is 9.59 Å². The summed E-state index contributed by atoms with van der Waals surface area (Å²) in [7, 11) is 1.59. The highest BCUT2D eigenvalue weighted by molar-refractivity contribution is 6.17. The summed E-state index contributed by atoms with van der Waals surface area (Å²) in [4.78, 5) is 26.8. The lowest BCUT2D eigenvalue weighted by molar-refractivity contribution is -0.0312. The van der Waals surface area contributed by atoms with E-state index < -0.39 is 0 Å². The van der Waals surface area contributed by atoms with Gasteiger partial charge < -0.3 is 13.9 Å². The van der Waals surface area contributed by atoms with E-state index in [1.807, 2.05) is 38.1 Å². The molecule has 230 valence electrons. The van der Waals surface area contributed by atoms with Crippen molar-refractivity contribution < 1.29 is 23.5 Å². The van der Waals surface area contributed by atoms with Crippen molar-refractivity contribution in [1.29, 1.82) is 0 Å². The maximum atomic E-state index is 14.0. The standard InChI is InChI=1S/C37H52O5/c1-6-8-12-28(13-9-7-2)14-10-15-29-17-19-30(20-18-29)37(39)36-32-25-31(33(38)24-27(3)4)21-22-34(32)42-35(36)16-11-23-41-26-40-5/h17-22,25,27-28H,6-16,23-24,26H2,1-5H3. The number of aryl methyl sites for hydroxylation is 2. The lowest BCUT2D eigenvalue weighted by Gasteiger charge is -2.16. The number of ether oxygens (including phenoxy) is 2. The summed E-state index contributed by atoms with van der Waals surface area (Å²) in [5.41, 5.74) is 3.71. The van der Waals surface area contributed by atoms with Crippen LogP contribution in [-0.2, 0) is 22.3 Å². The van der Waals surface area contributed by atoms with E-state index in [-0.39, 0.29) is 24.3 Å². The molecule has 0 saturated carbocycles. The summed E-state index contributed by atoms with van der Waals surface area (Å²) < 4.78 is 16.6. The highest BCUT2D eigenvalue weighted by Crippen LogP contribution is 2.31. The lowest BCUT2D eigenvalue weighted by atomic mass is 9.90. The Kier molecular flexibility index (Phi) is 14.5. The summed E-state index contributed by atoms with van der Waals surface area (Å²) >= 11 is 0. The van der Waals surface area contributed by atoms with Crippen molar-refractivity contribution in [3.05, 3.63) is 70.5 Å². The normalized spacial score (nSPS) is 11.7. The van der Waals surface area contributed by atoms with Crippen molar-refractivity contribution in [1.82, 2.24) is 0 Å². The quantitative estimate of drug-likeness (QED) is 0.0717. The number of hydrogen-bond acceptors (Lipinski definition) is 5. The molecule has 3 rings (SSSR count). The molecule has 42 heavy (non-hydrogen) atoms. The third-order valence-electron chi connectivity index (χ3n) is 8.02. The zero-order valence-corrected chi connectivity index (χ0v) is 26.6. The first-order valence-corrected chi connectivity index (χ1v) is 16.2. The van der Waals surface area contributed by atoms with E-state index in [4.69, 9.17) is 13.9 Å². The molecule has 0 N–H and O–H groups in total. The Hall–Kier alpha value is -2.76. The van der Waals surface area contributed by atoms with Crippen LogP contribution < -0.4 is 0 Å². The number of unbranched alkanes of at least 4 members (excludes halogenated alkanes) is 2. The predicted octanol–water partition coefficient (Wildman–Crippen LogP) is 9.76. The summed E-state index contributed by atoms with van der Waals surface area (Å²) in [5, 5.41) is 0.705. The maximum absolute atomic E-state index is 14.0. The van der Waals surface area contributed by atoms with Crippen molar-refractivity contribution in [2.75, 3.05) is 20.5 Å². The van der Waals surface area contributed by atoms with E-state index in [1.165, 1.54) is 56.9 Å². The van der Waals surface area contributed by atoms with Crippen LogP contribution in [0.1, 0.15) is 130 Å². The Morgan fingerprint density at radius 2 is 1.50 bits per heavy atom. The molecule has 0 aliphatic heterocycles. The third-order valence-corrected chi connectivity index (χ3v) is 8.02. The Morgan fingerprint density at radius 3 is 2.14 bits per heavy atom. The van der Waals surface area contributed by atoms with E-state index in [0.717, 1.165) is 12.3 Å². The van der Waals surface area contributed by atoms with E-state index in [1.54, 1.807) is 13.2 Å². The third kappa shape index (κ3) is 10.2. The fourth-order valence-electron chi connectivity index (χ4n) is 5.69. The van der Waals surface area contributed by atoms with Crippen LogP contribution >= 0.6 is 0 Å². The molecule has 0 radical (unpaired) electrons. The minimum atomic E-state index is -0.0687. The highest BCUT2D eigenvalue weighted by Gasteiger charge is 2.23. The first kappa shape index (κ1) is 33.7. The van der Waals surface area contributed by atoms with Crippen molar-refractivity contribution >= 4 is 22.5 Å². The molecule has 3 aromatic rings.